The third kappa shape index (κ3) is 5.94. The molecular formula is C29H26N8O2. The standard InChI is InChI=1S/C29H26N8O2/c1-29(2,3)26-15-27(37(36-26)22-8-4-19(16-30)5-9-22)35-28(38)34-21-6-10-23(11-7-21)39-24-12-13-31-25(14-24)20-17-32-33-18-20/h4-15,17-18H,1-3H3,(H,32,33)(H2,34,35,38). The number of nitrogens with zero attached hydrogens (tertiary/aromatic N) is 5. The number of nitrogens with one attached hydrogen (secondary N) is 3. The SMILES string of the molecule is CC(C)(C)c1cc(NC(=O)Nc2ccc(Oc3ccnc(-c4cn[nH]c4)c3)cc2)n(-c2ccc(C#N)cc2)n1. The number of urea groups is 1. The van der Waals surface area contributed by atoms with Crippen LogP contribution in [0.3, 0.4) is 0 Å². The number of anilines is 2. The lowest BCUT2D eigenvalue weighted by atomic mass is 9.92. The van der Waals surface area contributed by atoms with Crippen molar-refractivity contribution in [3.63, 3.8) is 0 Å². The minimum atomic E-state index is -0.419. The van der Waals surface area contributed by atoms with Gasteiger partial charge in [0.15, 0.2) is 0 Å². The van der Waals surface area contributed by atoms with Crippen molar-refractivity contribution in [2.24, 2.45) is 0 Å². The van der Waals surface area contributed by atoms with Crippen LogP contribution in [0.4, 0.5) is 16.3 Å². The topological polar surface area (TPSA) is 134 Å². The smallest absolute Gasteiger partial charge is 0.324 e. The first-order valence-electron chi connectivity index (χ1n) is 12.2. The molecule has 3 N–H and O–H groups in total. The van der Waals surface area contributed by atoms with E-state index in [0.717, 1.165) is 22.6 Å². The van der Waals surface area contributed by atoms with E-state index in [1.54, 1.807) is 77.9 Å². The van der Waals surface area contributed by atoms with Crippen molar-refractivity contribution in [3.8, 4) is 34.5 Å². The fourth-order valence-corrected chi connectivity index (χ4v) is 3.76. The molecule has 0 fully saturated rings. The number of pyridine rings is 1. The van der Waals surface area contributed by atoms with E-state index in [0.29, 0.717) is 28.6 Å². The summed E-state index contributed by atoms with van der Waals surface area (Å²) in [6, 6.07) is 21.2. The summed E-state index contributed by atoms with van der Waals surface area (Å²) in [5.41, 5.74) is 4.06. The predicted molar refractivity (Wildman–Crippen MR) is 148 cm³/mol. The molecule has 0 bridgehead atoms. The Hall–Kier alpha value is -5.43. The number of aromatic nitrogens is 5. The summed E-state index contributed by atoms with van der Waals surface area (Å²) >= 11 is 0. The molecule has 2 aromatic carbocycles. The average Bonchev–Trinajstić information content (AvgIpc) is 3.61. The number of H-pyrrole nitrogens is 1. The Labute approximate surface area is 225 Å². The van der Waals surface area contributed by atoms with Crippen LogP contribution in [0, 0.1) is 11.3 Å². The highest BCUT2D eigenvalue weighted by Crippen LogP contribution is 2.28. The maximum absolute atomic E-state index is 12.9. The normalized spacial score (nSPS) is 11.0. The number of carbonyl (C=O) groups excluding carboxylic acids is 1. The lowest BCUT2D eigenvalue weighted by molar-refractivity contribution is 0.262. The Kier molecular flexibility index (Phi) is 6.80. The molecule has 0 spiro atoms. The summed E-state index contributed by atoms with van der Waals surface area (Å²) in [6.45, 7) is 6.16. The average molecular weight is 519 g/mol. The van der Waals surface area contributed by atoms with E-state index in [1.165, 1.54) is 0 Å². The molecule has 0 saturated carbocycles. The maximum Gasteiger partial charge on any atom is 0.324 e. The molecule has 2 amide bonds. The summed E-state index contributed by atoms with van der Waals surface area (Å²) in [6.07, 6.45) is 5.13. The highest BCUT2D eigenvalue weighted by molar-refractivity contribution is 5.99. The van der Waals surface area contributed by atoms with E-state index in [4.69, 9.17) is 15.1 Å². The van der Waals surface area contributed by atoms with Gasteiger partial charge in [0.1, 0.15) is 17.3 Å². The molecular weight excluding hydrogens is 492 g/mol. The van der Waals surface area contributed by atoms with Crippen molar-refractivity contribution in [3.05, 3.63) is 96.6 Å². The summed E-state index contributed by atoms with van der Waals surface area (Å²) in [4.78, 5) is 17.2. The molecule has 0 atom stereocenters. The molecule has 0 unspecified atom stereocenters. The quantitative estimate of drug-likeness (QED) is 0.243. The largest absolute Gasteiger partial charge is 0.457 e. The lowest BCUT2D eigenvalue weighted by Crippen LogP contribution is -2.21. The van der Waals surface area contributed by atoms with Gasteiger partial charge < -0.3 is 10.1 Å². The van der Waals surface area contributed by atoms with Crippen LogP contribution in [0.2, 0.25) is 0 Å². The number of nitriles is 1. The molecule has 0 aliphatic carbocycles. The first-order chi connectivity index (χ1) is 18.8. The van der Waals surface area contributed by atoms with Crippen LogP contribution < -0.4 is 15.4 Å². The van der Waals surface area contributed by atoms with Crippen molar-refractivity contribution in [2.75, 3.05) is 10.6 Å². The second-order valence-electron chi connectivity index (χ2n) is 9.80. The van der Waals surface area contributed by atoms with Gasteiger partial charge in [-0.05, 0) is 54.6 Å². The van der Waals surface area contributed by atoms with Gasteiger partial charge >= 0.3 is 6.03 Å². The molecule has 0 radical (unpaired) electrons. The minimum absolute atomic E-state index is 0.227. The highest BCUT2D eigenvalue weighted by atomic mass is 16.5. The number of carbonyl (C=O) groups is 1. The molecule has 39 heavy (non-hydrogen) atoms. The summed E-state index contributed by atoms with van der Waals surface area (Å²) in [5.74, 6) is 1.75. The zero-order valence-corrected chi connectivity index (χ0v) is 21.6. The van der Waals surface area contributed by atoms with Crippen LogP contribution in [0.15, 0.2) is 85.3 Å². The van der Waals surface area contributed by atoms with Crippen LogP contribution in [-0.4, -0.2) is 31.0 Å². The molecule has 0 aliphatic rings. The fourth-order valence-electron chi connectivity index (χ4n) is 3.76. The first kappa shape index (κ1) is 25.2. The van der Waals surface area contributed by atoms with Crippen LogP contribution in [0.5, 0.6) is 11.5 Å². The van der Waals surface area contributed by atoms with Gasteiger partial charge in [0.05, 0.1) is 34.9 Å². The van der Waals surface area contributed by atoms with E-state index in [2.05, 4.69) is 52.7 Å². The van der Waals surface area contributed by atoms with Crippen LogP contribution in [0.25, 0.3) is 16.9 Å². The summed E-state index contributed by atoms with van der Waals surface area (Å²) < 4.78 is 7.62. The molecule has 5 aromatic rings. The van der Waals surface area contributed by atoms with Crippen molar-refractivity contribution in [1.82, 2.24) is 25.0 Å². The first-order valence-corrected chi connectivity index (χ1v) is 12.2. The molecule has 10 nitrogen and oxygen atoms in total. The van der Waals surface area contributed by atoms with Gasteiger partial charge in [0.2, 0.25) is 0 Å². The van der Waals surface area contributed by atoms with Gasteiger partial charge in [0.25, 0.3) is 0 Å². The zero-order valence-electron chi connectivity index (χ0n) is 21.6. The predicted octanol–water partition coefficient (Wildman–Crippen LogP) is 6.26. The van der Waals surface area contributed by atoms with Crippen LogP contribution >= 0.6 is 0 Å². The van der Waals surface area contributed by atoms with Gasteiger partial charge in [-0.3, -0.25) is 15.4 Å². The van der Waals surface area contributed by atoms with Gasteiger partial charge in [-0.15, -0.1) is 0 Å². The minimum Gasteiger partial charge on any atom is -0.457 e. The number of amides is 2. The fraction of sp³-hybridized carbons (Fsp3) is 0.138. The Morgan fingerprint density at radius 2 is 1.77 bits per heavy atom. The molecule has 10 heteroatoms. The number of rotatable bonds is 6. The maximum atomic E-state index is 12.9. The van der Waals surface area contributed by atoms with E-state index in [9.17, 15) is 4.79 Å². The third-order valence-electron chi connectivity index (χ3n) is 5.83. The molecule has 194 valence electrons. The van der Waals surface area contributed by atoms with E-state index < -0.39 is 6.03 Å². The number of hydrogen-bond acceptors (Lipinski definition) is 6. The zero-order chi connectivity index (χ0) is 27.4. The molecule has 3 heterocycles. The number of aromatic amines is 1. The van der Waals surface area contributed by atoms with E-state index in [-0.39, 0.29) is 5.41 Å². The molecule has 0 saturated heterocycles. The van der Waals surface area contributed by atoms with Gasteiger partial charge in [-0.25, -0.2) is 9.48 Å². The van der Waals surface area contributed by atoms with E-state index >= 15 is 0 Å². The van der Waals surface area contributed by atoms with E-state index in [1.807, 2.05) is 12.1 Å². The van der Waals surface area contributed by atoms with Crippen molar-refractivity contribution in [2.45, 2.75) is 26.2 Å². The molecule has 0 aliphatic heterocycles. The van der Waals surface area contributed by atoms with Gasteiger partial charge in [-0.2, -0.15) is 15.5 Å². The summed E-state index contributed by atoms with van der Waals surface area (Å²) in [7, 11) is 0. The van der Waals surface area contributed by atoms with Crippen molar-refractivity contribution >= 4 is 17.5 Å². The summed E-state index contributed by atoms with van der Waals surface area (Å²) in [5, 5.41) is 26.3. The highest BCUT2D eigenvalue weighted by Gasteiger charge is 2.21. The Morgan fingerprint density at radius 3 is 2.44 bits per heavy atom. The lowest BCUT2D eigenvalue weighted by Gasteiger charge is -2.14. The van der Waals surface area contributed by atoms with Crippen LogP contribution in [-0.2, 0) is 5.41 Å². The number of ether oxygens (including phenoxy) is 1. The van der Waals surface area contributed by atoms with Crippen molar-refractivity contribution in [1.29, 1.82) is 5.26 Å². The van der Waals surface area contributed by atoms with Crippen LogP contribution in [0.1, 0.15) is 32.0 Å². The van der Waals surface area contributed by atoms with Gasteiger partial charge in [-0.1, -0.05) is 20.8 Å². The Morgan fingerprint density at radius 1 is 1.00 bits per heavy atom. The van der Waals surface area contributed by atoms with Gasteiger partial charge in [0, 0.05) is 41.2 Å². The Balaban J connectivity index is 1.28. The monoisotopic (exact) mass is 518 g/mol. The molecule has 5 rings (SSSR count). The second kappa shape index (κ2) is 10.5. The van der Waals surface area contributed by atoms with Crippen molar-refractivity contribution < 1.29 is 9.53 Å². The third-order valence-corrected chi connectivity index (χ3v) is 5.83. The number of hydrogen-bond donors (Lipinski definition) is 3. The number of benzene rings is 2. The molecule has 3 aromatic heterocycles. The second-order valence-corrected chi connectivity index (χ2v) is 9.80. The Bertz CT molecular complexity index is 1620.